The molecule has 146 valence electrons. The molecule has 1 aliphatic rings. The van der Waals surface area contributed by atoms with E-state index in [0.717, 1.165) is 36.9 Å². The molecule has 0 unspecified atom stereocenters. The molecule has 1 aliphatic heterocycles. The van der Waals surface area contributed by atoms with E-state index in [9.17, 15) is 0 Å². The van der Waals surface area contributed by atoms with Crippen molar-refractivity contribution < 1.29 is 14.2 Å². The first-order valence-corrected chi connectivity index (χ1v) is 9.66. The maximum atomic E-state index is 6.04. The van der Waals surface area contributed by atoms with Gasteiger partial charge in [0.1, 0.15) is 17.7 Å². The van der Waals surface area contributed by atoms with Gasteiger partial charge in [0, 0.05) is 36.7 Å². The van der Waals surface area contributed by atoms with Gasteiger partial charge in [0.05, 0.1) is 20.3 Å². The number of aromatic nitrogens is 1. The van der Waals surface area contributed by atoms with Gasteiger partial charge in [-0.1, -0.05) is 12.1 Å². The van der Waals surface area contributed by atoms with E-state index in [-0.39, 0.29) is 6.23 Å². The molecule has 1 fully saturated rings. The Hall–Kier alpha value is -2.76. The average molecular weight is 378 g/mol. The summed E-state index contributed by atoms with van der Waals surface area (Å²) in [5, 5.41) is 0. The monoisotopic (exact) mass is 378 g/mol. The van der Waals surface area contributed by atoms with E-state index >= 15 is 0 Å². The number of methoxy groups -OCH3 is 1. The summed E-state index contributed by atoms with van der Waals surface area (Å²) >= 11 is 0. The molecule has 4 rings (SSSR count). The van der Waals surface area contributed by atoms with Crippen molar-refractivity contribution >= 4 is 0 Å². The standard InChI is InChI=1S/C23H26N2O3/c1-3-27-22-10-6-20(7-11-22)24-13-12-19(17-24)23-25(14-15-28-23)16-18-4-8-21(26-2)9-5-18/h4-13,17,23H,3,14-16H2,1-2H3/t23-/m1/s1. The molecule has 1 atom stereocenters. The van der Waals surface area contributed by atoms with E-state index in [4.69, 9.17) is 14.2 Å². The van der Waals surface area contributed by atoms with Crippen molar-refractivity contribution in [3.05, 3.63) is 78.1 Å². The van der Waals surface area contributed by atoms with Gasteiger partial charge < -0.3 is 18.8 Å². The SMILES string of the molecule is CCOc1ccc(-n2ccc([C@H]3OCCN3Cc3ccc(OC)cc3)c2)cc1. The molecule has 5 heteroatoms. The number of benzene rings is 2. The van der Waals surface area contributed by atoms with Gasteiger partial charge in [-0.3, -0.25) is 4.90 Å². The largest absolute Gasteiger partial charge is 0.497 e. The second kappa shape index (κ2) is 8.50. The molecular weight excluding hydrogens is 352 g/mol. The Bertz CT molecular complexity index is 887. The first kappa shape index (κ1) is 18.6. The Morgan fingerprint density at radius 3 is 2.46 bits per heavy atom. The first-order chi connectivity index (χ1) is 13.8. The lowest BCUT2D eigenvalue weighted by Gasteiger charge is -2.22. The highest BCUT2D eigenvalue weighted by atomic mass is 16.5. The lowest BCUT2D eigenvalue weighted by Crippen LogP contribution is -2.23. The van der Waals surface area contributed by atoms with Gasteiger partial charge in [-0.05, 0) is 55.0 Å². The van der Waals surface area contributed by atoms with Crippen LogP contribution in [0.1, 0.15) is 24.3 Å². The summed E-state index contributed by atoms with van der Waals surface area (Å²) in [6.45, 7) is 5.18. The van der Waals surface area contributed by atoms with Gasteiger partial charge >= 0.3 is 0 Å². The van der Waals surface area contributed by atoms with Crippen molar-refractivity contribution in [3.8, 4) is 17.2 Å². The molecule has 0 N–H and O–H groups in total. The van der Waals surface area contributed by atoms with Gasteiger partial charge in [-0.15, -0.1) is 0 Å². The number of hydrogen-bond acceptors (Lipinski definition) is 4. The fourth-order valence-electron chi connectivity index (χ4n) is 3.54. The Labute approximate surface area is 166 Å². The predicted octanol–water partition coefficient (Wildman–Crippen LogP) is 4.42. The van der Waals surface area contributed by atoms with Crippen molar-refractivity contribution in [3.63, 3.8) is 0 Å². The molecule has 28 heavy (non-hydrogen) atoms. The molecular formula is C23H26N2O3. The molecule has 3 aromatic rings. The molecule has 0 aliphatic carbocycles. The predicted molar refractivity (Wildman–Crippen MR) is 109 cm³/mol. The fourth-order valence-corrected chi connectivity index (χ4v) is 3.54. The van der Waals surface area contributed by atoms with Gasteiger partial charge in [-0.25, -0.2) is 0 Å². The number of rotatable bonds is 7. The fraction of sp³-hybridized carbons (Fsp3) is 0.304. The van der Waals surface area contributed by atoms with Crippen molar-refractivity contribution in [2.45, 2.75) is 19.7 Å². The van der Waals surface area contributed by atoms with Crippen LogP contribution in [0.25, 0.3) is 5.69 Å². The molecule has 2 heterocycles. The highest BCUT2D eigenvalue weighted by Gasteiger charge is 2.27. The maximum absolute atomic E-state index is 6.04. The summed E-state index contributed by atoms with van der Waals surface area (Å²) < 4.78 is 18.9. The lowest BCUT2D eigenvalue weighted by atomic mass is 10.2. The third-order valence-electron chi connectivity index (χ3n) is 4.98. The Morgan fingerprint density at radius 2 is 1.75 bits per heavy atom. The van der Waals surface area contributed by atoms with Crippen LogP contribution in [-0.2, 0) is 11.3 Å². The van der Waals surface area contributed by atoms with Crippen LogP contribution in [0.2, 0.25) is 0 Å². The summed E-state index contributed by atoms with van der Waals surface area (Å²) in [7, 11) is 1.69. The zero-order valence-corrected chi connectivity index (χ0v) is 16.4. The first-order valence-electron chi connectivity index (χ1n) is 9.66. The second-order valence-corrected chi connectivity index (χ2v) is 6.82. The zero-order chi connectivity index (χ0) is 19.3. The van der Waals surface area contributed by atoms with Crippen LogP contribution in [0.3, 0.4) is 0 Å². The minimum absolute atomic E-state index is 0.0222. The van der Waals surface area contributed by atoms with Crippen LogP contribution in [-0.4, -0.2) is 36.3 Å². The topological polar surface area (TPSA) is 35.9 Å². The van der Waals surface area contributed by atoms with Crippen LogP contribution < -0.4 is 9.47 Å². The summed E-state index contributed by atoms with van der Waals surface area (Å²) in [6, 6.07) is 18.5. The molecule has 0 radical (unpaired) electrons. The Balaban J connectivity index is 1.47. The summed E-state index contributed by atoms with van der Waals surface area (Å²) in [5.74, 6) is 1.77. The van der Waals surface area contributed by atoms with Gasteiger partial charge in [0.15, 0.2) is 0 Å². The van der Waals surface area contributed by atoms with Crippen molar-refractivity contribution in [1.82, 2.24) is 9.47 Å². The molecule has 1 saturated heterocycles. The van der Waals surface area contributed by atoms with Gasteiger partial charge in [-0.2, -0.15) is 0 Å². The molecule has 0 saturated carbocycles. The van der Waals surface area contributed by atoms with Crippen LogP contribution in [0.5, 0.6) is 11.5 Å². The lowest BCUT2D eigenvalue weighted by molar-refractivity contribution is 0.0288. The van der Waals surface area contributed by atoms with Gasteiger partial charge in [0.2, 0.25) is 0 Å². The Kier molecular flexibility index (Phi) is 5.65. The zero-order valence-electron chi connectivity index (χ0n) is 16.4. The minimum atomic E-state index is -0.0222. The molecule has 0 bridgehead atoms. The Morgan fingerprint density at radius 1 is 1.00 bits per heavy atom. The highest BCUT2D eigenvalue weighted by molar-refractivity contribution is 5.39. The van der Waals surface area contributed by atoms with Crippen LogP contribution >= 0.6 is 0 Å². The number of nitrogens with zero attached hydrogens (tertiary/aromatic N) is 2. The summed E-state index contributed by atoms with van der Waals surface area (Å²) in [6.07, 6.45) is 4.20. The maximum Gasteiger partial charge on any atom is 0.138 e. The third-order valence-corrected chi connectivity index (χ3v) is 4.98. The summed E-state index contributed by atoms with van der Waals surface area (Å²) in [4.78, 5) is 2.36. The van der Waals surface area contributed by atoms with Crippen LogP contribution in [0, 0.1) is 0 Å². The summed E-state index contributed by atoms with van der Waals surface area (Å²) in [5.41, 5.74) is 3.52. The average Bonchev–Trinajstić information content (AvgIpc) is 3.39. The van der Waals surface area contributed by atoms with Crippen LogP contribution in [0.4, 0.5) is 0 Å². The van der Waals surface area contributed by atoms with E-state index in [0.29, 0.717) is 6.61 Å². The number of hydrogen-bond donors (Lipinski definition) is 0. The molecule has 0 spiro atoms. The van der Waals surface area contributed by atoms with E-state index in [2.05, 4.69) is 52.2 Å². The third kappa shape index (κ3) is 4.06. The van der Waals surface area contributed by atoms with E-state index in [1.165, 1.54) is 11.1 Å². The molecule has 0 amide bonds. The molecule has 5 nitrogen and oxygen atoms in total. The van der Waals surface area contributed by atoms with Crippen molar-refractivity contribution in [2.75, 3.05) is 26.9 Å². The van der Waals surface area contributed by atoms with Crippen LogP contribution in [0.15, 0.2) is 67.0 Å². The second-order valence-electron chi connectivity index (χ2n) is 6.82. The quantitative estimate of drug-likeness (QED) is 0.610. The molecule has 2 aromatic carbocycles. The van der Waals surface area contributed by atoms with E-state index < -0.39 is 0 Å². The smallest absolute Gasteiger partial charge is 0.138 e. The number of ether oxygens (including phenoxy) is 3. The van der Waals surface area contributed by atoms with Gasteiger partial charge in [0.25, 0.3) is 0 Å². The minimum Gasteiger partial charge on any atom is -0.497 e. The molecule has 1 aromatic heterocycles. The van der Waals surface area contributed by atoms with E-state index in [1.54, 1.807) is 7.11 Å². The van der Waals surface area contributed by atoms with E-state index in [1.807, 2.05) is 31.2 Å². The normalized spacial score (nSPS) is 17.0. The van der Waals surface area contributed by atoms with Crippen molar-refractivity contribution in [1.29, 1.82) is 0 Å². The highest BCUT2D eigenvalue weighted by Crippen LogP contribution is 2.30. The van der Waals surface area contributed by atoms with Crippen molar-refractivity contribution in [2.24, 2.45) is 0 Å².